The first-order valence-electron chi connectivity index (χ1n) is 7.04. The molecule has 0 fully saturated rings. The highest BCUT2D eigenvalue weighted by molar-refractivity contribution is 6.04. The Labute approximate surface area is 129 Å². The summed E-state index contributed by atoms with van der Waals surface area (Å²) >= 11 is 0. The van der Waals surface area contributed by atoms with Crippen LogP contribution in [0, 0.1) is 0 Å². The Balaban J connectivity index is 2.00. The van der Waals surface area contributed by atoms with Gasteiger partial charge in [-0.2, -0.15) is 0 Å². The molecule has 2 amide bonds. The fourth-order valence-corrected chi connectivity index (χ4v) is 1.84. The predicted octanol–water partition coefficient (Wildman–Crippen LogP) is 2.83. The summed E-state index contributed by atoms with van der Waals surface area (Å²) in [5, 5.41) is 2.76. The lowest BCUT2D eigenvalue weighted by molar-refractivity contribution is 0.0998. The van der Waals surface area contributed by atoms with Crippen molar-refractivity contribution >= 4 is 17.5 Å². The SMILES string of the molecule is CCCOc1ccc(C(=O)Nc2ccc(C(N)=O)cc2)cc1. The second-order valence-corrected chi connectivity index (χ2v) is 4.77. The van der Waals surface area contributed by atoms with Gasteiger partial charge in [0, 0.05) is 16.8 Å². The van der Waals surface area contributed by atoms with E-state index in [1.165, 1.54) is 0 Å². The largest absolute Gasteiger partial charge is 0.494 e. The van der Waals surface area contributed by atoms with Gasteiger partial charge in [-0.25, -0.2) is 0 Å². The van der Waals surface area contributed by atoms with Crippen LogP contribution in [0.3, 0.4) is 0 Å². The zero-order valence-corrected chi connectivity index (χ0v) is 12.3. The topological polar surface area (TPSA) is 81.4 Å². The van der Waals surface area contributed by atoms with Gasteiger partial charge in [0.15, 0.2) is 0 Å². The van der Waals surface area contributed by atoms with Gasteiger partial charge >= 0.3 is 0 Å². The average molecular weight is 298 g/mol. The molecule has 0 spiro atoms. The molecule has 0 radical (unpaired) electrons. The predicted molar refractivity (Wildman–Crippen MR) is 85.1 cm³/mol. The molecule has 0 aliphatic carbocycles. The molecule has 5 nitrogen and oxygen atoms in total. The number of hydrogen-bond acceptors (Lipinski definition) is 3. The van der Waals surface area contributed by atoms with Gasteiger partial charge < -0.3 is 15.8 Å². The Morgan fingerprint density at radius 3 is 2.14 bits per heavy atom. The molecule has 22 heavy (non-hydrogen) atoms. The first-order valence-corrected chi connectivity index (χ1v) is 7.04. The maximum atomic E-state index is 12.1. The van der Waals surface area contributed by atoms with Crippen LogP contribution in [0.2, 0.25) is 0 Å². The lowest BCUT2D eigenvalue weighted by Crippen LogP contribution is -2.13. The summed E-state index contributed by atoms with van der Waals surface area (Å²) in [6.45, 7) is 2.68. The highest BCUT2D eigenvalue weighted by Gasteiger charge is 2.07. The maximum absolute atomic E-state index is 12.1. The van der Waals surface area contributed by atoms with Gasteiger partial charge in [-0.15, -0.1) is 0 Å². The summed E-state index contributed by atoms with van der Waals surface area (Å²) in [6.07, 6.45) is 0.934. The number of nitrogens with two attached hydrogens (primary N) is 1. The van der Waals surface area contributed by atoms with Crippen LogP contribution in [0.5, 0.6) is 5.75 Å². The quantitative estimate of drug-likeness (QED) is 0.860. The molecule has 0 aromatic heterocycles. The Hall–Kier alpha value is -2.82. The smallest absolute Gasteiger partial charge is 0.255 e. The van der Waals surface area contributed by atoms with Gasteiger partial charge in [0.05, 0.1) is 6.61 Å². The van der Waals surface area contributed by atoms with E-state index in [4.69, 9.17) is 10.5 Å². The molecule has 2 rings (SSSR count). The van der Waals surface area contributed by atoms with Crippen molar-refractivity contribution in [1.29, 1.82) is 0 Å². The van der Waals surface area contributed by atoms with Crippen molar-refractivity contribution in [1.82, 2.24) is 0 Å². The van der Waals surface area contributed by atoms with E-state index in [2.05, 4.69) is 5.32 Å². The van der Waals surface area contributed by atoms with Crippen molar-refractivity contribution in [3.05, 3.63) is 59.7 Å². The lowest BCUT2D eigenvalue weighted by Gasteiger charge is -2.07. The van der Waals surface area contributed by atoms with E-state index >= 15 is 0 Å². The van der Waals surface area contributed by atoms with Crippen molar-refractivity contribution in [3.63, 3.8) is 0 Å². The molecule has 0 unspecified atom stereocenters. The lowest BCUT2D eigenvalue weighted by atomic mass is 10.1. The Bertz CT molecular complexity index is 649. The number of hydrogen-bond donors (Lipinski definition) is 2. The number of carbonyl (C=O) groups excluding carboxylic acids is 2. The number of ether oxygens (including phenoxy) is 1. The number of benzene rings is 2. The van der Waals surface area contributed by atoms with Crippen molar-refractivity contribution in [2.24, 2.45) is 5.73 Å². The minimum absolute atomic E-state index is 0.228. The molecular weight excluding hydrogens is 280 g/mol. The minimum Gasteiger partial charge on any atom is -0.494 e. The number of anilines is 1. The van der Waals surface area contributed by atoms with Crippen molar-refractivity contribution in [2.75, 3.05) is 11.9 Å². The number of primary amides is 1. The molecule has 2 aromatic carbocycles. The molecular formula is C17H18N2O3. The molecule has 0 bridgehead atoms. The normalized spacial score (nSPS) is 10.0. The molecule has 3 N–H and O–H groups in total. The van der Waals surface area contributed by atoms with E-state index in [0.29, 0.717) is 23.4 Å². The first-order chi connectivity index (χ1) is 10.6. The maximum Gasteiger partial charge on any atom is 0.255 e. The third-order valence-corrected chi connectivity index (χ3v) is 3.02. The number of nitrogens with one attached hydrogen (secondary N) is 1. The summed E-state index contributed by atoms with van der Waals surface area (Å²) in [5.74, 6) is 0.0126. The Morgan fingerprint density at radius 2 is 1.59 bits per heavy atom. The van der Waals surface area contributed by atoms with Crippen LogP contribution in [-0.4, -0.2) is 18.4 Å². The van der Waals surface area contributed by atoms with E-state index < -0.39 is 5.91 Å². The first kappa shape index (κ1) is 15.6. The minimum atomic E-state index is -0.499. The zero-order valence-electron chi connectivity index (χ0n) is 12.3. The van der Waals surface area contributed by atoms with Gasteiger partial charge in [-0.1, -0.05) is 6.92 Å². The highest BCUT2D eigenvalue weighted by atomic mass is 16.5. The van der Waals surface area contributed by atoms with Crippen molar-refractivity contribution in [2.45, 2.75) is 13.3 Å². The third kappa shape index (κ3) is 4.09. The molecule has 0 aliphatic heterocycles. The standard InChI is InChI=1S/C17H18N2O3/c1-2-11-22-15-9-5-13(6-10-15)17(21)19-14-7-3-12(4-8-14)16(18)20/h3-10H,2,11H2,1H3,(H2,18,20)(H,19,21). The molecule has 0 saturated carbocycles. The molecule has 0 saturated heterocycles. The fourth-order valence-electron chi connectivity index (χ4n) is 1.84. The summed E-state index contributed by atoms with van der Waals surface area (Å²) < 4.78 is 5.47. The summed E-state index contributed by atoms with van der Waals surface area (Å²) in [7, 11) is 0. The average Bonchev–Trinajstić information content (AvgIpc) is 2.54. The van der Waals surface area contributed by atoms with E-state index in [0.717, 1.165) is 12.2 Å². The number of carbonyl (C=O) groups is 2. The third-order valence-electron chi connectivity index (χ3n) is 3.02. The Morgan fingerprint density at radius 1 is 1.00 bits per heavy atom. The van der Waals surface area contributed by atoms with Gasteiger partial charge in [-0.05, 0) is 55.0 Å². The molecule has 2 aromatic rings. The van der Waals surface area contributed by atoms with Crippen molar-refractivity contribution in [3.8, 4) is 5.75 Å². The van der Waals surface area contributed by atoms with Crippen molar-refractivity contribution < 1.29 is 14.3 Å². The van der Waals surface area contributed by atoms with Gasteiger partial charge in [-0.3, -0.25) is 9.59 Å². The monoisotopic (exact) mass is 298 g/mol. The van der Waals surface area contributed by atoms with Gasteiger partial charge in [0.2, 0.25) is 5.91 Å². The number of amides is 2. The van der Waals surface area contributed by atoms with Gasteiger partial charge in [0.25, 0.3) is 5.91 Å². The molecule has 114 valence electrons. The van der Waals surface area contributed by atoms with Crippen LogP contribution in [0.4, 0.5) is 5.69 Å². The van der Waals surface area contributed by atoms with Crippen LogP contribution >= 0.6 is 0 Å². The number of rotatable bonds is 6. The highest BCUT2D eigenvalue weighted by Crippen LogP contribution is 2.15. The second-order valence-electron chi connectivity index (χ2n) is 4.77. The second kappa shape index (κ2) is 7.26. The van der Waals surface area contributed by atoms with E-state index in [-0.39, 0.29) is 5.91 Å². The van der Waals surface area contributed by atoms with E-state index in [1.807, 2.05) is 6.92 Å². The van der Waals surface area contributed by atoms with Crippen LogP contribution in [0.15, 0.2) is 48.5 Å². The fraction of sp³-hybridized carbons (Fsp3) is 0.176. The van der Waals surface area contributed by atoms with Crippen LogP contribution < -0.4 is 15.8 Å². The summed E-state index contributed by atoms with van der Waals surface area (Å²) in [4.78, 5) is 23.1. The molecule has 0 atom stereocenters. The summed E-state index contributed by atoms with van der Waals surface area (Å²) in [6, 6.07) is 13.4. The zero-order chi connectivity index (χ0) is 15.9. The van der Waals surface area contributed by atoms with E-state index in [1.54, 1.807) is 48.5 Å². The molecule has 0 aliphatic rings. The van der Waals surface area contributed by atoms with Crippen LogP contribution in [0.1, 0.15) is 34.1 Å². The Kier molecular flexibility index (Phi) is 5.14. The van der Waals surface area contributed by atoms with E-state index in [9.17, 15) is 9.59 Å². The molecule has 5 heteroatoms. The molecule has 0 heterocycles. The van der Waals surface area contributed by atoms with Gasteiger partial charge in [0.1, 0.15) is 5.75 Å². The van der Waals surface area contributed by atoms with Crippen LogP contribution in [-0.2, 0) is 0 Å². The summed E-state index contributed by atoms with van der Waals surface area (Å²) in [5.41, 5.74) is 6.69. The van der Waals surface area contributed by atoms with Crippen LogP contribution in [0.25, 0.3) is 0 Å².